The van der Waals surface area contributed by atoms with Crippen LogP contribution < -0.4 is 5.32 Å². The van der Waals surface area contributed by atoms with Gasteiger partial charge < -0.3 is 10.4 Å². The maximum Gasteiger partial charge on any atom is 0.326 e. The zero-order valence-electron chi connectivity index (χ0n) is 6.28. The second kappa shape index (κ2) is 3.24. The summed E-state index contributed by atoms with van der Waals surface area (Å²) < 4.78 is 0. The van der Waals surface area contributed by atoms with E-state index < -0.39 is 18.2 Å². The number of terminal acetylenes is 1. The van der Waals surface area contributed by atoms with E-state index in [1.165, 1.54) is 0 Å². The van der Waals surface area contributed by atoms with E-state index >= 15 is 0 Å². The highest BCUT2D eigenvalue weighted by Crippen LogP contribution is 2.05. The van der Waals surface area contributed by atoms with Crippen molar-refractivity contribution >= 4 is 11.9 Å². The minimum Gasteiger partial charge on any atom is -0.372 e. The Morgan fingerprint density at radius 1 is 1.75 bits per heavy atom. The number of nitrogens with zero attached hydrogens (tertiary/aromatic N) is 1. The lowest BCUT2D eigenvalue weighted by Gasteiger charge is -2.17. The van der Waals surface area contributed by atoms with Crippen LogP contribution in [0.2, 0.25) is 0 Å². The van der Waals surface area contributed by atoms with Crippen molar-refractivity contribution in [1.82, 2.24) is 10.2 Å². The lowest BCUT2D eigenvalue weighted by atomic mass is 10.3. The van der Waals surface area contributed by atoms with Crippen LogP contribution in [0.15, 0.2) is 0 Å². The van der Waals surface area contributed by atoms with Crippen LogP contribution in [0.25, 0.3) is 0 Å². The molecule has 0 aromatic rings. The third-order valence-corrected chi connectivity index (χ3v) is 1.48. The van der Waals surface area contributed by atoms with Crippen molar-refractivity contribution in [3.63, 3.8) is 0 Å². The van der Waals surface area contributed by atoms with Crippen LogP contribution in [0.3, 0.4) is 0 Å². The summed E-state index contributed by atoms with van der Waals surface area (Å²) in [6, 6.07) is -0.595. The zero-order valence-corrected chi connectivity index (χ0v) is 6.28. The number of carbonyl (C=O) groups is 2. The highest BCUT2D eigenvalue weighted by atomic mass is 16.3. The second-order valence-corrected chi connectivity index (χ2v) is 2.31. The number of amides is 3. The Hall–Kier alpha value is -1.54. The SMILES string of the molecule is C#CCC(O)N1C(=O)CNC1=O. The van der Waals surface area contributed by atoms with E-state index in [0.717, 1.165) is 4.90 Å². The number of urea groups is 1. The van der Waals surface area contributed by atoms with Crippen LogP contribution in [-0.2, 0) is 4.79 Å². The Kier molecular flexibility index (Phi) is 2.31. The average Bonchev–Trinajstić information content (AvgIpc) is 2.32. The number of imide groups is 1. The molecule has 64 valence electrons. The summed E-state index contributed by atoms with van der Waals surface area (Å²) in [7, 11) is 0. The Bertz CT molecular complexity index is 240. The van der Waals surface area contributed by atoms with E-state index in [1.807, 2.05) is 0 Å². The van der Waals surface area contributed by atoms with Gasteiger partial charge in [-0.1, -0.05) is 0 Å². The van der Waals surface area contributed by atoms with Gasteiger partial charge in [0.15, 0.2) is 0 Å². The number of rotatable bonds is 2. The summed E-state index contributed by atoms with van der Waals surface area (Å²) >= 11 is 0. The van der Waals surface area contributed by atoms with Gasteiger partial charge in [-0.3, -0.25) is 4.79 Å². The number of hydrogen-bond acceptors (Lipinski definition) is 3. The van der Waals surface area contributed by atoms with Crippen LogP contribution in [0.1, 0.15) is 6.42 Å². The Labute approximate surface area is 69.3 Å². The molecule has 1 aliphatic rings. The van der Waals surface area contributed by atoms with Gasteiger partial charge in [0.05, 0.1) is 13.0 Å². The first-order valence-corrected chi connectivity index (χ1v) is 3.38. The van der Waals surface area contributed by atoms with Gasteiger partial charge in [-0.15, -0.1) is 12.3 Å². The topological polar surface area (TPSA) is 69.6 Å². The van der Waals surface area contributed by atoms with Gasteiger partial charge in [-0.05, 0) is 0 Å². The van der Waals surface area contributed by atoms with E-state index in [9.17, 15) is 14.7 Å². The Balaban J connectivity index is 2.67. The van der Waals surface area contributed by atoms with Crippen molar-refractivity contribution in [2.75, 3.05) is 6.54 Å². The number of aliphatic hydroxyl groups excluding tert-OH is 1. The van der Waals surface area contributed by atoms with Gasteiger partial charge in [0.1, 0.15) is 6.23 Å². The quantitative estimate of drug-likeness (QED) is 0.405. The van der Waals surface area contributed by atoms with Crippen LogP contribution in [0, 0.1) is 12.3 Å². The fraction of sp³-hybridized carbons (Fsp3) is 0.429. The molecule has 1 heterocycles. The molecule has 1 fully saturated rings. The molecule has 1 unspecified atom stereocenters. The summed E-state index contributed by atoms with van der Waals surface area (Å²) in [5, 5.41) is 11.5. The molecule has 1 atom stereocenters. The molecule has 0 aromatic carbocycles. The first-order valence-electron chi connectivity index (χ1n) is 3.38. The van der Waals surface area contributed by atoms with Crippen LogP contribution >= 0.6 is 0 Å². The summed E-state index contributed by atoms with van der Waals surface area (Å²) in [5.74, 6) is 1.71. The highest BCUT2D eigenvalue weighted by Gasteiger charge is 2.33. The first kappa shape index (κ1) is 8.56. The van der Waals surface area contributed by atoms with Gasteiger partial charge in [0.25, 0.3) is 5.91 Å². The Morgan fingerprint density at radius 3 is 2.83 bits per heavy atom. The van der Waals surface area contributed by atoms with E-state index in [0.29, 0.717) is 0 Å². The molecule has 0 spiro atoms. The molecule has 0 bridgehead atoms. The standard InChI is InChI=1S/C7H8N2O3/c1-2-3-5(10)9-6(11)4-8-7(9)12/h1,5,10H,3-4H2,(H,8,12). The Morgan fingerprint density at radius 2 is 2.42 bits per heavy atom. The monoisotopic (exact) mass is 168 g/mol. The summed E-state index contributed by atoms with van der Waals surface area (Å²) in [5.41, 5.74) is 0. The average molecular weight is 168 g/mol. The highest BCUT2D eigenvalue weighted by molar-refractivity contribution is 6.02. The number of nitrogens with one attached hydrogen (secondary N) is 1. The third kappa shape index (κ3) is 1.38. The molecule has 3 amide bonds. The largest absolute Gasteiger partial charge is 0.372 e. The first-order chi connectivity index (χ1) is 5.66. The summed E-state index contributed by atoms with van der Waals surface area (Å²) in [4.78, 5) is 22.5. The maximum atomic E-state index is 10.9. The van der Waals surface area contributed by atoms with Crippen LogP contribution in [-0.4, -0.2) is 34.7 Å². The van der Waals surface area contributed by atoms with E-state index in [-0.39, 0.29) is 13.0 Å². The molecule has 1 saturated heterocycles. The number of hydrogen-bond donors (Lipinski definition) is 2. The smallest absolute Gasteiger partial charge is 0.326 e. The van der Waals surface area contributed by atoms with Gasteiger partial charge in [-0.2, -0.15) is 0 Å². The molecule has 0 aromatic heterocycles. The molecule has 0 saturated carbocycles. The van der Waals surface area contributed by atoms with Crippen molar-refractivity contribution in [2.45, 2.75) is 12.6 Å². The van der Waals surface area contributed by atoms with Gasteiger partial charge in [0.2, 0.25) is 0 Å². The molecule has 2 N–H and O–H groups in total. The summed E-state index contributed by atoms with van der Waals surface area (Å²) in [6.45, 7) is -0.0690. The van der Waals surface area contributed by atoms with Crippen molar-refractivity contribution in [3.8, 4) is 12.3 Å². The third-order valence-electron chi connectivity index (χ3n) is 1.48. The molecule has 12 heavy (non-hydrogen) atoms. The molecule has 1 aliphatic heterocycles. The lowest BCUT2D eigenvalue weighted by molar-refractivity contribution is -0.131. The molecular weight excluding hydrogens is 160 g/mol. The fourth-order valence-corrected chi connectivity index (χ4v) is 0.933. The zero-order chi connectivity index (χ0) is 9.14. The van der Waals surface area contributed by atoms with Crippen molar-refractivity contribution < 1.29 is 14.7 Å². The molecule has 0 radical (unpaired) electrons. The van der Waals surface area contributed by atoms with Crippen molar-refractivity contribution in [2.24, 2.45) is 0 Å². The predicted molar refractivity (Wildman–Crippen MR) is 39.7 cm³/mol. The predicted octanol–water partition coefficient (Wildman–Crippen LogP) is -1.12. The number of carbonyl (C=O) groups excluding carboxylic acids is 2. The van der Waals surface area contributed by atoms with E-state index in [1.54, 1.807) is 0 Å². The molecule has 5 heteroatoms. The molecule has 0 aliphatic carbocycles. The second-order valence-electron chi connectivity index (χ2n) is 2.31. The van der Waals surface area contributed by atoms with Gasteiger partial charge in [-0.25, -0.2) is 9.69 Å². The van der Waals surface area contributed by atoms with Crippen molar-refractivity contribution in [1.29, 1.82) is 0 Å². The van der Waals surface area contributed by atoms with E-state index in [2.05, 4.69) is 11.2 Å². The maximum absolute atomic E-state index is 10.9. The number of aliphatic hydroxyl groups is 1. The van der Waals surface area contributed by atoms with Crippen LogP contribution in [0.5, 0.6) is 0 Å². The minimum atomic E-state index is -1.20. The van der Waals surface area contributed by atoms with Gasteiger partial charge in [0, 0.05) is 0 Å². The lowest BCUT2D eigenvalue weighted by Crippen LogP contribution is -2.40. The molecule has 1 rings (SSSR count). The van der Waals surface area contributed by atoms with Crippen molar-refractivity contribution in [3.05, 3.63) is 0 Å². The summed E-state index contributed by atoms with van der Waals surface area (Å²) in [6.07, 6.45) is 3.66. The molecular formula is C7H8N2O3. The fourth-order valence-electron chi connectivity index (χ4n) is 0.933. The van der Waals surface area contributed by atoms with Gasteiger partial charge >= 0.3 is 6.03 Å². The van der Waals surface area contributed by atoms with Crippen LogP contribution in [0.4, 0.5) is 4.79 Å². The minimum absolute atomic E-state index is 0.0425. The normalized spacial score (nSPS) is 18.8. The van der Waals surface area contributed by atoms with E-state index in [4.69, 9.17) is 6.42 Å². The molecule has 5 nitrogen and oxygen atoms in total.